The summed E-state index contributed by atoms with van der Waals surface area (Å²) >= 11 is 11.0. The second kappa shape index (κ2) is 21.6. The maximum atomic E-state index is 12.6. The number of aromatic nitrogens is 4. The van der Waals surface area contributed by atoms with E-state index in [2.05, 4.69) is 50.0 Å². The number of carbonyl (C=O) groups excluding carboxylic acids is 3. The number of rotatable bonds is 7. The highest BCUT2D eigenvalue weighted by atomic mass is 35.5. The number of hydrogen-bond donors (Lipinski definition) is 1. The van der Waals surface area contributed by atoms with Gasteiger partial charge in [0, 0.05) is 43.7 Å². The normalized spacial score (nSPS) is 14.6. The quantitative estimate of drug-likeness (QED) is 0.0789. The van der Waals surface area contributed by atoms with Crippen LogP contribution in [0.25, 0.3) is 27.7 Å². The number of fused-ring (bicyclic) bond motifs is 6. The molecule has 1 saturated heterocycles. The lowest BCUT2D eigenvalue weighted by Gasteiger charge is -2.33. The number of ether oxygens (including phenoxy) is 2. The summed E-state index contributed by atoms with van der Waals surface area (Å²) in [6, 6.07) is 24.8. The molecule has 0 bridgehead atoms. The molecule has 3 aliphatic rings. The van der Waals surface area contributed by atoms with Gasteiger partial charge in [-0.15, -0.1) is 0 Å². The van der Waals surface area contributed by atoms with E-state index in [0.29, 0.717) is 42.7 Å². The van der Waals surface area contributed by atoms with E-state index < -0.39 is 0 Å². The van der Waals surface area contributed by atoms with E-state index in [0.717, 1.165) is 91.5 Å². The topological polar surface area (TPSA) is 147 Å². The molecule has 1 fully saturated rings. The summed E-state index contributed by atoms with van der Waals surface area (Å²) in [7, 11) is 4.24. The smallest absolute Gasteiger partial charge is 0.341 e. The van der Waals surface area contributed by atoms with Gasteiger partial charge >= 0.3 is 11.9 Å². The van der Waals surface area contributed by atoms with E-state index in [1.165, 1.54) is 17.7 Å². The van der Waals surface area contributed by atoms with Gasteiger partial charge in [0.05, 0.1) is 55.0 Å². The first-order valence-electron chi connectivity index (χ1n) is 20.2. The number of aliphatic imine (C=N–C) groups is 1. The van der Waals surface area contributed by atoms with Crippen molar-refractivity contribution in [2.24, 2.45) is 4.99 Å². The number of piperazine rings is 1. The Labute approximate surface area is 364 Å². The van der Waals surface area contributed by atoms with Crippen molar-refractivity contribution >= 4 is 92.6 Å². The van der Waals surface area contributed by atoms with Gasteiger partial charge in [0.15, 0.2) is 24.7 Å². The van der Waals surface area contributed by atoms with Crippen molar-refractivity contribution in [3.8, 4) is 0 Å². The fourth-order valence-corrected chi connectivity index (χ4v) is 7.20. The zero-order valence-corrected chi connectivity index (χ0v) is 36.3. The standard InChI is InChI=1S/C22H23N5O2.C12H13NO2.C6H3Cl2NO.C5H11N2/c1-3-29-22(28)16-14-15-8-9-19(26-12-10-25(2)11-13-26)24-20(15)27-18-7-5-4-6-17(18)23-21(16)27;1-2-15-12(14)8-10-7-9-5-3-4-6-11(9)13-10;7-5-2-1-4(3-10)6(8)9-5;1-7-4-2-6-3-5-7/h4-9,14H,3,10-13H2,1-2H3;3-6H,2,7-8H2,1H3;1-3H;4,6H,2-3,5H2,1H3/q;;;+1. The minimum Gasteiger partial charge on any atom is -0.466 e. The molecule has 0 saturated carbocycles. The Morgan fingerprint density at radius 1 is 0.885 bits per heavy atom. The molecule has 318 valence electrons. The minimum absolute atomic E-state index is 0.141. The second-order valence-corrected chi connectivity index (χ2v) is 15.1. The Balaban J connectivity index is 0.000000161. The van der Waals surface area contributed by atoms with Crippen LogP contribution in [0.3, 0.4) is 0 Å². The summed E-state index contributed by atoms with van der Waals surface area (Å²) in [5.74, 6) is 0.399. The van der Waals surface area contributed by atoms with E-state index in [1.807, 2.05) is 85.0 Å². The molecule has 9 rings (SSSR count). The monoisotopic (exact) mass is 866 g/mol. The van der Waals surface area contributed by atoms with Crippen LogP contribution >= 0.6 is 23.2 Å². The number of likely N-dealkylation sites (N-methyl/N-ethyl adjacent to an activating group) is 2. The predicted octanol–water partition coefficient (Wildman–Crippen LogP) is 6.74. The van der Waals surface area contributed by atoms with Crippen LogP contribution in [0.1, 0.15) is 46.5 Å². The summed E-state index contributed by atoms with van der Waals surface area (Å²) in [5, 5.41) is 4.54. The summed E-state index contributed by atoms with van der Waals surface area (Å²) < 4.78 is 14.4. The maximum Gasteiger partial charge on any atom is 0.341 e. The van der Waals surface area contributed by atoms with Crippen molar-refractivity contribution in [2.45, 2.75) is 26.7 Å². The average molecular weight is 868 g/mol. The number of pyridine rings is 3. The van der Waals surface area contributed by atoms with E-state index in [9.17, 15) is 14.4 Å². The van der Waals surface area contributed by atoms with Crippen LogP contribution in [0.5, 0.6) is 0 Å². The van der Waals surface area contributed by atoms with Crippen LogP contribution in [0, 0.1) is 0 Å². The maximum absolute atomic E-state index is 12.6. The highest BCUT2D eigenvalue weighted by molar-refractivity contribution is 6.33. The Hall–Kier alpha value is -5.80. The number of imidazole rings is 1. The van der Waals surface area contributed by atoms with Gasteiger partial charge in [-0.2, -0.15) is 0 Å². The van der Waals surface area contributed by atoms with Gasteiger partial charge in [-0.05, 0) is 75.0 Å². The van der Waals surface area contributed by atoms with Gasteiger partial charge in [0.25, 0.3) is 0 Å². The molecule has 0 atom stereocenters. The summed E-state index contributed by atoms with van der Waals surface area (Å²) in [6.45, 7) is 11.6. The zero-order chi connectivity index (χ0) is 43.3. The fraction of sp³-hybridized carbons (Fsp3) is 0.333. The number of aldehydes is 1. The van der Waals surface area contributed by atoms with Crippen molar-refractivity contribution in [1.29, 1.82) is 0 Å². The van der Waals surface area contributed by atoms with Crippen LogP contribution in [0.4, 0.5) is 11.5 Å². The lowest BCUT2D eigenvalue weighted by atomic mass is 10.1. The average Bonchev–Trinajstić information content (AvgIpc) is 3.86. The first-order valence-corrected chi connectivity index (χ1v) is 21.0. The lowest BCUT2D eigenvalue weighted by Crippen LogP contribution is -2.44. The SMILES string of the molecule is CCOC(=O)CC1=Nc2ccccc2C1.CCOC(=O)c1cc2ccc(N3CCN(C)CC3)nc2n2c1nc1ccccc12.C[N+]1=CCNCC1.O=Cc1ccc(Cl)nc1Cl. The highest BCUT2D eigenvalue weighted by Crippen LogP contribution is 2.29. The van der Waals surface area contributed by atoms with Crippen molar-refractivity contribution in [1.82, 2.24) is 29.6 Å². The molecule has 2 aromatic carbocycles. The van der Waals surface area contributed by atoms with Crippen LogP contribution < -0.4 is 10.2 Å². The largest absolute Gasteiger partial charge is 0.466 e. The van der Waals surface area contributed by atoms with Crippen molar-refractivity contribution in [3.05, 3.63) is 106 Å². The number of halogens is 2. The Kier molecular flexibility index (Phi) is 15.9. The molecular formula is C45H50Cl2N9O5+. The number of esters is 2. The van der Waals surface area contributed by atoms with Crippen molar-refractivity contribution < 1.29 is 28.4 Å². The molecule has 0 radical (unpaired) electrons. The Morgan fingerprint density at radius 3 is 2.31 bits per heavy atom. The first kappa shape index (κ1) is 44.7. The number of anilines is 1. The minimum atomic E-state index is -0.363. The van der Waals surface area contributed by atoms with Gasteiger partial charge in [-0.3, -0.25) is 19.0 Å². The van der Waals surface area contributed by atoms with E-state index in [1.54, 1.807) is 0 Å². The first-order chi connectivity index (χ1) is 29.6. The van der Waals surface area contributed by atoms with Crippen LogP contribution in [-0.2, 0) is 20.7 Å². The highest BCUT2D eigenvalue weighted by Gasteiger charge is 2.22. The molecule has 0 amide bonds. The molecule has 7 heterocycles. The molecule has 0 spiro atoms. The van der Waals surface area contributed by atoms with Gasteiger partial charge in [0.1, 0.15) is 34.4 Å². The van der Waals surface area contributed by atoms with Gasteiger partial charge < -0.3 is 24.6 Å². The number of benzene rings is 2. The van der Waals surface area contributed by atoms with Crippen molar-refractivity contribution in [2.75, 3.05) is 78.0 Å². The molecule has 6 aromatic rings. The Morgan fingerprint density at radius 2 is 1.64 bits per heavy atom. The number of nitrogens with zero attached hydrogens (tertiary/aromatic N) is 8. The van der Waals surface area contributed by atoms with Crippen LogP contribution in [0.15, 0.2) is 83.9 Å². The van der Waals surface area contributed by atoms with Crippen LogP contribution in [-0.4, -0.2) is 132 Å². The number of hydrogen-bond acceptors (Lipinski definition) is 12. The molecular weight excluding hydrogens is 817 g/mol. The molecule has 0 aliphatic carbocycles. The fourth-order valence-electron chi connectivity index (χ4n) is 6.81. The molecule has 3 aliphatic heterocycles. The lowest BCUT2D eigenvalue weighted by molar-refractivity contribution is -0.494. The summed E-state index contributed by atoms with van der Waals surface area (Å²) in [6.07, 6.45) is 3.87. The molecule has 14 nitrogen and oxygen atoms in total. The molecule has 1 N–H and O–H groups in total. The Bertz CT molecular complexity index is 2570. The van der Waals surface area contributed by atoms with Gasteiger partial charge in [-0.1, -0.05) is 53.5 Å². The second-order valence-electron chi connectivity index (χ2n) is 14.4. The molecule has 4 aromatic heterocycles. The third-order valence-electron chi connectivity index (χ3n) is 10.0. The van der Waals surface area contributed by atoms with Crippen molar-refractivity contribution in [3.63, 3.8) is 0 Å². The molecule has 16 heteroatoms. The third-order valence-corrected chi connectivity index (χ3v) is 10.5. The molecule has 0 unspecified atom stereocenters. The number of para-hydroxylation sites is 3. The zero-order valence-electron chi connectivity index (χ0n) is 34.8. The van der Waals surface area contributed by atoms with E-state index in [4.69, 9.17) is 42.6 Å². The predicted molar refractivity (Wildman–Crippen MR) is 242 cm³/mol. The summed E-state index contributed by atoms with van der Waals surface area (Å²) in [5.41, 5.74) is 7.04. The van der Waals surface area contributed by atoms with Gasteiger partial charge in [-0.25, -0.2) is 24.3 Å². The van der Waals surface area contributed by atoms with Crippen LogP contribution in [0.2, 0.25) is 10.3 Å². The van der Waals surface area contributed by atoms with E-state index in [-0.39, 0.29) is 22.2 Å². The van der Waals surface area contributed by atoms with Gasteiger partial charge in [0.2, 0.25) is 0 Å². The van der Waals surface area contributed by atoms with E-state index >= 15 is 0 Å². The summed E-state index contributed by atoms with van der Waals surface area (Å²) in [4.78, 5) is 56.4. The third kappa shape index (κ3) is 11.7. The number of carbonyl (C=O) groups is 3. The molecule has 61 heavy (non-hydrogen) atoms. The number of nitrogens with one attached hydrogen (secondary N) is 1.